The number of carbonyl (C=O) groups excluding carboxylic acids is 2. The normalized spacial score (nSPS) is 23.4. The van der Waals surface area contributed by atoms with Crippen molar-refractivity contribution in [1.82, 2.24) is 10.2 Å². The predicted octanol–water partition coefficient (Wildman–Crippen LogP) is 2.43. The zero-order valence-electron chi connectivity index (χ0n) is 15.1. The van der Waals surface area contributed by atoms with Crippen molar-refractivity contribution in [2.45, 2.75) is 46.0 Å². The Morgan fingerprint density at radius 2 is 1.88 bits per heavy atom. The maximum Gasteiger partial charge on any atom is 0.237 e. The van der Waals surface area contributed by atoms with Gasteiger partial charge in [-0.25, -0.2) is 0 Å². The lowest BCUT2D eigenvalue weighted by Crippen LogP contribution is -2.61. The lowest BCUT2D eigenvalue weighted by molar-refractivity contribution is -0.145. The summed E-state index contributed by atoms with van der Waals surface area (Å²) in [5, 5.41) is 12.5. The number of aromatic hydroxyl groups is 1. The molecule has 2 rings (SSSR count). The molecule has 0 saturated carbocycles. The van der Waals surface area contributed by atoms with Crippen LogP contribution in [-0.4, -0.2) is 41.5 Å². The molecule has 1 atom stereocenters. The zero-order valence-corrected chi connectivity index (χ0v) is 15.1. The summed E-state index contributed by atoms with van der Waals surface area (Å²) in [7, 11) is 0. The van der Waals surface area contributed by atoms with Crippen LogP contribution < -0.4 is 5.32 Å². The maximum atomic E-state index is 13.0. The van der Waals surface area contributed by atoms with Gasteiger partial charge in [0.25, 0.3) is 0 Å². The molecule has 0 aromatic heterocycles. The van der Waals surface area contributed by atoms with Crippen LogP contribution in [0.2, 0.25) is 0 Å². The van der Waals surface area contributed by atoms with Crippen LogP contribution in [-0.2, 0) is 15.0 Å². The molecule has 1 fully saturated rings. The third-order valence-corrected chi connectivity index (χ3v) is 5.43. The molecule has 132 valence electrons. The van der Waals surface area contributed by atoms with E-state index in [1.54, 1.807) is 18.2 Å². The summed E-state index contributed by atoms with van der Waals surface area (Å²) >= 11 is 0. The number of hydrogen-bond donors (Lipinski definition) is 2. The van der Waals surface area contributed by atoms with Gasteiger partial charge in [-0.3, -0.25) is 14.9 Å². The number of nitrogens with zero attached hydrogens (tertiary/aromatic N) is 1. The second-order valence-corrected chi connectivity index (χ2v) is 7.17. The first-order chi connectivity index (χ1) is 11.3. The van der Waals surface area contributed by atoms with Crippen LogP contribution in [0, 0.1) is 5.41 Å². The van der Waals surface area contributed by atoms with Gasteiger partial charge in [0.15, 0.2) is 0 Å². The SMILES string of the molecule is CCN(CC)CCC1(c2cccc(O)c2)C(=O)NC(=O)CC1(C)C. The number of benzene rings is 1. The molecule has 24 heavy (non-hydrogen) atoms. The molecule has 0 aliphatic carbocycles. The summed E-state index contributed by atoms with van der Waals surface area (Å²) in [5.41, 5.74) is -0.611. The van der Waals surface area contributed by atoms with E-state index in [0.29, 0.717) is 6.42 Å². The van der Waals surface area contributed by atoms with Crippen molar-refractivity contribution in [1.29, 1.82) is 0 Å². The number of hydrogen-bond acceptors (Lipinski definition) is 4. The second kappa shape index (κ2) is 6.93. The van der Waals surface area contributed by atoms with Gasteiger partial charge >= 0.3 is 0 Å². The molecule has 1 aromatic carbocycles. The summed E-state index contributed by atoms with van der Waals surface area (Å²) in [5.74, 6) is -0.361. The molecule has 0 spiro atoms. The number of rotatable bonds is 6. The topological polar surface area (TPSA) is 69.6 Å². The Morgan fingerprint density at radius 3 is 2.42 bits per heavy atom. The number of piperidine rings is 1. The van der Waals surface area contributed by atoms with E-state index >= 15 is 0 Å². The fourth-order valence-corrected chi connectivity index (χ4v) is 3.89. The molecule has 5 heteroatoms. The first-order valence-corrected chi connectivity index (χ1v) is 8.63. The monoisotopic (exact) mass is 332 g/mol. The van der Waals surface area contributed by atoms with Crippen LogP contribution in [0.15, 0.2) is 24.3 Å². The number of phenols is 1. The van der Waals surface area contributed by atoms with E-state index in [9.17, 15) is 14.7 Å². The van der Waals surface area contributed by atoms with E-state index < -0.39 is 10.8 Å². The first kappa shape index (κ1) is 18.5. The van der Waals surface area contributed by atoms with Crippen LogP contribution in [0.1, 0.15) is 46.1 Å². The Morgan fingerprint density at radius 1 is 1.21 bits per heavy atom. The molecule has 5 nitrogen and oxygen atoms in total. The van der Waals surface area contributed by atoms with Gasteiger partial charge in [-0.05, 0) is 49.2 Å². The summed E-state index contributed by atoms with van der Waals surface area (Å²) in [6, 6.07) is 6.88. The third kappa shape index (κ3) is 3.18. The zero-order chi connectivity index (χ0) is 18.0. The Labute approximate surface area is 144 Å². The van der Waals surface area contributed by atoms with Crippen molar-refractivity contribution in [2.24, 2.45) is 5.41 Å². The minimum Gasteiger partial charge on any atom is -0.508 e. The van der Waals surface area contributed by atoms with Crippen LogP contribution in [0.5, 0.6) is 5.75 Å². The Hall–Kier alpha value is -1.88. The predicted molar refractivity (Wildman–Crippen MR) is 93.7 cm³/mol. The fourth-order valence-electron chi connectivity index (χ4n) is 3.89. The van der Waals surface area contributed by atoms with Crippen molar-refractivity contribution in [2.75, 3.05) is 19.6 Å². The van der Waals surface area contributed by atoms with Crippen LogP contribution in [0.4, 0.5) is 0 Å². The number of imide groups is 1. The molecule has 1 aliphatic rings. The number of phenolic OH excluding ortho intramolecular Hbond substituents is 1. The maximum absolute atomic E-state index is 13.0. The Bertz CT molecular complexity index is 623. The highest BCUT2D eigenvalue weighted by atomic mass is 16.3. The van der Waals surface area contributed by atoms with E-state index in [2.05, 4.69) is 24.1 Å². The molecule has 2 N–H and O–H groups in total. The molecule has 1 aromatic rings. The van der Waals surface area contributed by atoms with Crippen molar-refractivity contribution in [3.8, 4) is 5.75 Å². The van der Waals surface area contributed by atoms with Gasteiger partial charge in [0, 0.05) is 6.42 Å². The average Bonchev–Trinajstić information content (AvgIpc) is 2.49. The summed E-state index contributed by atoms with van der Waals surface area (Å²) in [4.78, 5) is 27.2. The molecule has 1 heterocycles. The van der Waals surface area contributed by atoms with Gasteiger partial charge in [0.2, 0.25) is 11.8 Å². The molecule has 2 amide bonds. The standard InChI is InChI=1S/C19H28N2O3/c1-5-21(6-2)11-10-19(14-8-7-9-15(22)12-14)17(24)20-16(23)13-18(19,3)4/h7-9,12,22H,5-6,10-11,13H2,1-4H3,(H,20,23,24). The minimum atomic E-state index is -0.845. The molecule has 1 saturated heterocycles. The highest BCUT2D eigenvalue weighted by molar-refractivity contribution is 6.04. The van der Waals surface area contributed by atoms with Crippen LogP contribution >= 0.6 is 0 Å². The molecular formula is C19H28N2O3. The lowest BCUT2D eigenvalue weighted by Gasteiger charge is -2.49. The average molecular weight is 332 g/mol. The van der Waals surface area contributed by atoms with Crippen molar-refractivity contribution < 1.29 is 14.7 Å². The first-order valence-electron chi connectivity index (χ1n) is 8.63. The molecule has 1 unspecified atom stereocenters. The molecule has 0 bridgehead atoms. The van der Waals surface area contributed by atoms with Crippen LogP contribution in [0.25, 0.3) is 0 Å². The molecular weight excluding hydrogens is 304 g/mol. The third-order valence-electron chi connectivity index (χ3n) is 5.43. The van der Waals surface area contributed by atoms with Crippen molar-refractivity contribution in [3.63, 3.8) is 0 Å². The highest BCUT2D eigenvalue weighted by Crippen LogP contribution is 2.49. The fraction of sp³-hybridized carbons (Fsp3) is 0.579. The molecule has 0 radical (unpaired) electrons. The van der Waals surface area contributed by atoms with Gasteiger partial charge in [0.1, 0.15) is 5.75 Å². The van der Waals surface area contributed by atoms with E-state index in [4.69, 9.17) is 0 Å². The van der Waals surface area contributed by atoms with Crippen LogP contribution in [0.3, 0.4) is 0 Å². The second-order valence-electron chi connectivity index (χ2n) is 7.17. The lowest BCUT2D eigenvalue weighted by atomic mass is 9.56. The van der Waals surface area contributed by atoms with E-state index in [0.717, 1.165) is 25.2 Å². The van der Waals surface area contributed by atoms with Gasteiger partial charge < -0.3 is 10.0 Å². The Balaban J connectivity index is 2.52. The number of nitrogens with one attached hydrogen (secondary N) is 1. The number of carbonyl (C=O) groups is 2. The van der Waals surface area contributed by atoms with Gasteiger partial charge in [-0.2, -0.15) is 0 Å². The quantitative estimate of drug-likeness (QED) is 0.785. The van der Waals surface area contributed by atoms with E-state index in [-0.39, 0.29) is 24.0 Å². The number of amides is 2. The van der Waals surface area contributed by atoms with Gasteiger partial charge in [0.05, 0.1) is 5.41 Å². The highest BCUT2D eigenvalue weighted by Gasteiger charge is 2.56. The molecule has 1 aliphatic heterocycles. The summed E-state index contributed by atoms with van der Waals surface area (Å²) < 4.78 is 0. The minimum absolute atomic E-state index is 0.134. The Kier molecular flexibility index (Phi) is 5.33. The smallest absolute Gasteiger partial charge is 0.237 e. The summed E-state index contributed by atoms with van der Waals surface area (Å²) in [6.45, 7) is 10.7. The van der Waals surface area contributed by atoms with E-state index in [1.165, 1.54) is 0 Å². The van der Waals surface area contributed by atoms with Gasteiger partial charge in [-0.1, -0.05) is 39.8 Å². The summed E-state index contributed by atoms with van der Waals surface area (Å²) in [6.07, 6.45) is 0.886. The van der Waals surface area contributed by atoms with Crippen molar-refractivity contribution in [3.05, 3.63) is 29.8 Å². The van der Waals surface area contributed by atoms with E-state index in [1.807, 2.05) is 19.9 Å². The largest absolute Gasteiger partial charge is 0.508 e. The van der Waals surface area contributed by atoms with Gasteiger partial charge in [-0.15, -0.1) is 0 Å². The van der Waals surface area contributed by atoms with Crippen molar-refractivity contribution >= 4 is 11.8 Å².